The fourth-order valence-electron chi connectivity index (χ4n) is 1.70. The topological polar surface area (TPSA) is 16.6 Å². The van der Waals surface area contributed by atoms with Gasteiger partial charge in [-0.3, -0.25) is 0 Å². The summed E-state index contributed by atoms with van der Waals surface area (Å²) in [5.74, 6) is 0. The van der Waals surface area contributed by atoms with Crippen molar-refractivity contribution < 1.29 is 5.32 Å². The van der Waals surface area contributed by atoms with Crippen molar-refractivity contribution in [2.45, 2.75) is 45.1 Å². The molecule has 1 heteroatoms. The van der Waals surface area contributed by atoms with E-state index in [1.54, 1.807) is 0 Å². The molecule has 1 fully saturated rings. The van der Waals surface area contributed by atoms with Crippen molar-refractivity contribution in [3.63, 3.8) is 0 Å². The lowest BCUT2D eigenvalue weighted by atomic mass is 9.96. The largest absolute Gasteiger partial charge is 0.344 e. The van der Waals surface area contributed by atoms with Gasteiger partial charge in [-0.15, -0.1) is 0 Å². The van der Waals surface area contributed by atoms with E-state index >= 15 is 0 Å². The van der Waals surface area contributed by atoms with Gasteiger partial charge in [0, 0.05) is 0 Å². The van der Waals surface area contributed by atoms with Crippen LogP contribution in [0.25, 0.3) is 0 Å². The van der Waals surface area contributed by atoms with Crippen molar-refractivity contribution >= 4 is 0 Å². The fraction of sp³-hybridized carbons (Fsp3) is 1.00. The Kier molecular flexibility index (Phi) is 3.05. The second kappa shape index (κ2) is 3.89. The van der Waals surface area contributed by atoms with Gasteiger partial charge in [0.25, 0.3) is 0 Å². The van der Waals surface area contributed by atoms with Crippen LogP contribution in [0, 0.1) is 0 Å². The second-order valence-electron chi connectivity index (χ2n) is 3.04. The molecule has 0 radical (unpaired) electrons. The molecule has 1 aliphatic carbocycles. The van der Waals surface area contributed by atoms with Crippen molar-refractivity contribution in [1.29, 1.82) is 0 Å². The van der Waals surface area contributed by atoms with Gasteiger partial charge in [-0.05, 0) is 32.6 Å². The number of hydrogen-bond acceptors (Lipinski definition) is 0. The Labute approximate surface area is 57.8 Å². The monoisotopic (exact) mass is 128 g/mol. The van der Waals surface area contributed by atoms with Gasteiger partial charge in [-0.1, -0.05) is 6.42 Å². The maximum atomic E-state index is 2.49. The third kappa shape index (κ3) is 2.35. The first kappa shape index (κ1) is 7.07. The van der Waals surface area contributed by atoms with Gasteiger partial charge in [0.2, 0.25) is 0 Å². The molecule has 0 amide bonds. The molecule has 0 saturated heterocycles. The van der Waals surface area contributed by atoms with Crippen LogP contribution in [0.3, 0.4) is 0 Å². The molecule has 0 aromatic rings. The van der Waals surface area contributed by atoms with Crippen LogP contribution in [-0.4, -0.2) is 12.6 Å². The van der Waals surface area contributed by atoms with E-state index in [9.17, 15) is 0 Å². The normalized spacial score (nSPS) is 22.3. The minimum atomic E-state index is 0.976. The zero-order chi connectivity index (χ0) is 6.53. The summed E-state index contributed by atoms with van der Waals surface area (Å²) >= 11 is 0. The first-order chi connectivity index (χ1) is 4.43. The van der Waals surface area contributed by atoms with Gasteiger partial charge < -0.3 is 5.32 Å². The van der Waals surface area contributed by atoms with Crippen LogP contribution in [0.2, 0.25) is 0 Å². The molecule has 0 bridgehead atoms. The van der Waals surface area contributed by atoms with Gasteiger partial charge in [0.05, 0.1) is 12.6 Å². The molecule has 1 rings (SSSR count). The summed E-state index contributed by atoms with van der Waals surface area (Å²) in [6.45, 7) is 3.51. The number of nitrogens with two attached hydrogens (primary N) is 1. The summed E-state index contributed by atoms with van der Waals surface area (Å²) in [4.78, 5) is 0. The standard InChI is InChI=1S/C8H17N/c1-2-9-8-6-4-3-5-7-8/h8-9H,2-7H2,1H3/p+1. The molecule has 0 aromatic heterocycles. The minimum absolute atomic E-state index is 0.976. The molecule has 1 aliphatic rings. The number of hydrogen-bond donors (Lipinski definition) is 1. The maximum Gasteiger partial charge on any atom is 0.0859 e. The van der Waals surface area contributed by atoms with Crippen LogP contribution in [0.4, 0.5) is 0 Å². The lowest BCUT2D eigenvalue weighted by molar-refractivity contribution is -0.689. The molecule has 0 unspecified atom stereocenters. The molecule has 0 aliphatic heterocycles. The Morgan fingerprint density at radius 2 is 1.89 bits per heavy atom. The SMILES string of the molecule is CC[NH2+]C1CCCCC1. The maximum absolute atomic E-state index is 2.49. The molecule has 1 saturated carbocycles. The van der Waals surface area contributed by atoms with Crippen LogP contribution >= 0.6 is 0 Å². The quantitative estimate of drug-likeness (QED) is 0.569. The van der Waals surface area contributed by atoms with E-state index in [4.69, 9.17) is 0 Å². The second-order valence-corrected chi connectivity index (χ2v) is 3.04. The van der Waals surface area contributed by atoms with E-state index in [0.29, 0.717) is 0 Å². The highest BCUT2D eigenvalue weighted by molar-refractivity contribution is 4.61. The van der Waals surface area contributed by atoms with E-state index in [-0.39, 0.29) is 0 Å². The average molecular weight is 128 g/mol. The third-order valence-electron chi connectivity index (χ3n) is 2.22. The molecule has 1 nitrogen and oxygen atoms in total. The Balaban J connectivity index is 2.08. The first-order valence-corrected chi connectivity index (χ1v) is 4.27. The minimum Gasteiger partial charge on any atom is -0.344 e. The van der Waals surface area contributed by atoms with Gasteiger partial charge in [0.15, 0.2) is 0 Å². The average Bonchev–Trinajstić information content (AvgIpc) is 1.91. The summed E-state index contributed by atoms with van der Waals surface area (Å²) in [7, 11) is 0. The van der Waals surface area contributed by atoms with Crippen LogP contribution in [0.1, 0.15) is 39.0 Å². The van der Waals surface area contributed by atoms with Crippen molar-refractivity contribution in [1.82, 2.24) is 0 Å². The lowest BCUT2D eigenvalue weighted by Gasteiger charge is -2.18. The van der Waals surface area contributed by atoms with Gasteiger partial charge in [0.1, 0.15) is 0 Å². The molecule has 0 aromatic carbocycles. The molecule has 2 N–H and O–H groups in total. The zero-order valence-electron chi connectivity index (χ0n) is 6.40. The van der Waals surface area contributed by atoms with Crippen molar-refractivity contribution in [2.24, 2.45) is 0 Å². The number of quaternary nitrogens is 1. The molecule has 0 atom stereocenters. The molecule has 54 valence electrons. The molecule has 0 spiro atoms. The molecular formula is C8H18N+. The van der Waals surface area contributed by atoms with Crippen LogP contribution in [-0.2, 0) is 0 Å². The summed E-state index contributed by atoms with van der Waals surface area (Å²) in [5.41, 5.74) is 0. The van der Waals surface area contributed by atoms with Crippen molar-refractivity contribution in [2.75, 3.05) is 6.54 Å². The summed E-state index contributed by atoms with van der Waals surface area (Å²) in [6, 6.07) is 0.976. The Hall–Kier alpha value is -0.0400. The van der Waals surface area contributed by atoms with E-state index < -0.39 is 0 Å². The van der Waals surface area contributed by atoms with E-state index in [2.05, 4.69) is 12.2 Å². The van der Waals surface area contributed by atoms with E-state index in [1.165, 1.54) is 38.6 Å². The Bertz CT molecular complexity index is 62.2. The summed E-state index contributed by atoms with van der Waals surface area (Å²) < 4.78 is 0. The Morgan fingerprint density at radius 3 is 2.44 bits per heavy atom. The van der Waals surface area contributed by atoms with Crippen LogP contribution in [0.5, 0.6) is 0 Å². The summed E-state index contributed by atoms with van der Waals surface area (Å²) in [6.07, 6.45) is 7.36. The predicted octanol–water partition coefficient (Wildman–Crippen LogP) is 0.902. The van der Waals surface area contributed by atoms with E-state index in [0.717, 1.165) is 6.04 Å². The highest BCUT2D eigenvalue weighted by Gasteiger charge is 2.13. The Morgan fingerprint density at radius 1 is 1.22 bits per heavy atom. The van der Waals surface area contributed by atoms with Gasteiger partial charge in [-0.25, -0.2) is 0 Å². The molecular weight excluding hydrogens is 110 g/mol. The van der Waals surface area contributed by atoms with Gasteiger partial charge in [-0.2, -0.15) is 0 Å². The highest BCUT2D eigenvalue weighted by atomic mass is 14.9. The van der Waals surface area contributed by atoms with Crippen LogP contribution < -0.4 is 5.32 Å². The fourth-order valence-corrected chi connectivity index (χ4v) is 1.70. The summed E-state index contributed by atoms with van der Waals surface area (Å²) in [5, 5.41) is 2.49. The van der Waals surface area contributed by atoms with Gasteiger partial charge >= 0.3 is 0 Å². The molecule has 9 heavy (non-hydrogen) atoms. The highest BCUT2D eigenvalue weighted by Crippen LogP contribution is 2.14. The van der Waals surface area contributed by atoms with Crippen molar-refractivity contribution in [3.8, 4) is 0 Å². The first-order valence-electron chi connectivity index (χ1n) is 4.27. The van der Waals surface area contributed by atoms with Crippen LogP contribution in [0.15, 0.2) is 0 Å². The molecule has 0 heterocycles. The number of rotatable bonds is 2. The third-order valence-corrected chi connectivity index (χ3v) is 2.22. The van der Waals surface area contributed by atoms with E-state index in [1.807, 2.05) is 0 Å². The smallest absolute Gasteiger partial charge is 0.0859 e. The zero-order valence-corrected chi connectivity index (χ0v) is 6.40. The lowest BCUT2D eigenvalue weighted by Crippen LogP contribution is -2.89. The predicted molar refractivity (Wildman–Crippen MR) is 39.3 cm³/mol. The van der Waals surface area contributed by atoms with Crippen molar-refractivity contribution in [3.05, 3.63) is 0 Å².